The van der Waals surface area contributed by atoms with Gasteiger partial charge in [0.25, 0.3) is 0 Å². The smallest absolute Gasteiger partial charge is 0.211 e. The molecule has 0 atom stereocenters. The molecule has 0 aromatic rings. The van der Waals surface area contributed by atoms with Gasteiger partial charge in [0.2, 0.25) is 12.2 Å². The summed E-state index contributed by atoms with van der Waals surface area (Å²) in [6.07, 6.45) is 19.1. The molecule has 0 heterocycles. The van der Waals surface area contributed by atoms with E-state index in [-0.39, 0.29) is 11.1 Å². The molecule has 0 unspecified atom stereocenters. The van der Waals surface area contributed by atoms with Crippen molar-refractivity contribution in [2.45, 2.75) is 88.1 Å². The normalized spacial score (nSPS) is 51.8. The minimum Gasteiger partial charge on any atom is -0.211 e. The SMILES string of the molecule is O=C=NC12CC3CC(CC(C3)C1)C2.O=C=NC12CC3CC(CC(C3)C1)C2. The van der Waals surface area contributed by atoms with E-state index in [9.17, 15) is 9.59 Å². The summed E-state index contributed by atoms with van der Waals surface area (Å²) in [5, 5.41) is 0. The second-order valence-corrected chi connectivity index (χ2v) is 10.7. The van der Waals surface area contributed by atoms with Gasteiger partial charge in [0, 0.05) is 0 Å². The van der Waals surface area contributed by atoms with Gasteiger partial charge in [-0.1, -0.05) is 0 Å². The highest BCUT2D eigenvalue weighted by Gasteiger charge is 2.52. The van der Waals surface area contributed by atoms with Crippen molar-refractivity contribution in [2.75, 3.05) is 0 Å². The lowest BCUT2D eigenvalue weighted by Crippen LogP contribution is -2.49. The van der Waals surface area contributed by atoms with Crippen LogP contribution in [0, 0.1) is 35.5 Å². The molecule has 140 valence electrons. The average Bonchev–Trinajstić information content (AvgIpc) is 2.52. The number of rotatable bonds is 2. The lowest BCUT2D eigenvalue weighted by Gasteiger charge is -2.54. The van der Waals surface area contributed by atoms with E-state index in [1.54, 1.807) is 12.2 Å². The lowest BCUT2D eigenvalue weighted by molar-refractivity contribution is 0.00150. The minimum absolute atomic E-state index is 0.0521. The molecule has 0 aromatic heterocycles. The Bertz CT molecular complexity index is 543. The Kier molecular flexibility index (Phi) is 3.99. The van der Waals surface area contributed by atoms with Crippen LogP contribution in [-0.2, 0) is 9.59 Å². The van der Waals surface area contributed by atoms with Crippen LogP contribution in [0.3, 0.4) is 0 Å². The standard InChI is InChI=1S/2C11H15NO/c2*13-7-12-11-4-8-1-9(5-11)3-10(2-8)6-11/h2*8-10H,1-6H2. The lowest BCUT2D eigenvalue weighted by atomic mass is 9.53. The molecule has 8 bridgehead atoms. The fourth-order valence-corrected chi connectivity index (χ4v) is 8.60. The molecule has 0 spiro atoms. The first-order chi connectivity index (χ1) is 12.6. The third-order valence-corrected chi connectivity index (χ3v) is 8.58. The summed E-state index contributed by atoms with van der Waals surface area (Å²) < 4.78 is 0. The summed E-state index contributed by atoms with van der Waals surface area (Å²) in [6, 6.07) is 0. The van der Waals surface area contributed by atoms with Crippen molar-refractivity contribution in [3.05, 3.63) is 0 Å². The predicted octanol–water partition coefficient (Wildman–Crippen LogP) is 4.58. The zero-order chi connectivity index (χ0) is 17.8. The maximum atomic E-state index is 10.4. The Morgan fingerprint density at radius 1 is 0.500 bits per heavy atom. The van der Waals surface area contributed by atoms with Crippen molar-refractivity contribution < 1.29 is 9.59 Å². The van der Waals surface area contributed by atoms with Gasteiger partial charge in [0.05, 0.1) is 11.1 Å². The predicted molar refractivity (Wildman–Crippen MR) is 98.0 cm³/mol. The highest BCUT2D eigenvalue weighted by Crippen LogP contribution is 2.58. The summed E-state index contributed by atoms with van der Waals surface area (Å²) in [5.74, 6) is 5.27. The maximum absolute atomic E-state index is 10.4. The Labute approximate surface area is 155 Å². The topological polar surface area (TPSA) is 58.9 Å². The van der Waals surface area contributed by atoms with Gasteiger partial charge >= 0.3 is 0 Å². The maximum Gasteiger partial charge on any atom is 0.235 e. The first-order valence-corrected chi connectivity index (χ1v) is 10.8. The van der Waals surface area contributed by atoms with Crippen LogP contribution in [0.25, 0.3) is 0 Å². The van der Waals surface area contributed by atoms with Crippen molar-refractivity contribution in [1.29, 1.82) is 0 Å². The van der Waals surface area contributed by atoms with Crippen molar-refractivity contribution >= 4 is 12.2 Å². The molecular weight excluding hydrogens is 324 g/mol. The second-order valence-electron chi connectivity index (χ2n) is 10.7. The number of carbonyl (C=O) groups excluding carboxylic acids is 2. The molecule has 26 heavy (non-hydrogen) atoms. The van der Waals surface area contributed by atoms with E-state index < -0.39 is 0 Å². The molecule has 0 N–H and O–H groups in total. The molecule has 8 aliphatic rings. The van der Waals surface area contributed by atoms with Crippen LogP contribution in [0.1, 0.15) is 77.0 Å². The van der Waals surface area contributed by atoms with Crippen molar-refractivity contribution in [3.8, 4) is 0 Å². The Morgan fingerprint density at radius 3 is 0.923 bits per heavy atom. The van der Waals surface area contributed by atoms with Gasteiger partial charge in [-0.25, -0.2) is 9.59 Å². The van der Waals surface area contributed by atoms with E-state index in [1.807, 2.05) is 0 Å². The summed E-state index contributed by atoms with van der Waals surface area (Å²) in [5.41, 5.74) is 0.104. The molecular formula is C22H30N2O2. The molecule has 0 amide bonds. The average molecular weight is 354 g/mol. The molecule has 8 aliphatic carbocycles. The number of aliphatic imine (C=N–C) groups is 2. The van der Waals surface area contributed by atoms with Crippen molar-refractivity contribution in [2.24, 2.45) is 45.5 Å². The molecule has 8 rings (SSSR count). The van der Waals surface area contributed by atoms with Gasteiger partial charge in [0.1, 0.15) is 0 Å². The molecule has 8 saturated carbocycles. The molecule has 8 fully saturated rings. The summed E-state index contributed by atoms with van der Waals surface area (Å²) in [7, 11) is 0. The van der Waals surface area contributed by atoms with Gasteiger partial charge < -0.3 is 0 Å². The first kappa shape index (κ1) is 16.9. The Morgan fingerprint density at radius 2 is 0.731 bits per heavy atom. The number of hydrogen-bond donors (Lipinski definition) is 0. The first-order valence-electron chi connectivity index (χ1n) is 10.8. The Balaban J connectivity index is 0.000000115. The largest absolute Gasteiger partial charge is 0.235 e. The summed E-state index contributed by atoms with van der Waals surface area (Å²) in [4.78, 5) is 29.0. The van der Waals surface area contributed by atoms with E-state index in [4.69, 9.17) is 0 Å². The fourth-order valence-electron chi connectivity index (χ4n) is 8.60. The quantitative estimate of drug-likeness (QED) is 0.538. The van der Waals surface area contributed by atoms with E-state index in [1.165, 1.54) is 77.0 Å². The van der Waals surface area contributed by atoms with Crippen LogP contribution in [0.5, 0.6) is 0 Å². The molecule has 0 aromatic carbocycles. The monoisotopic (exact) mass is 354 g/mol. The van der Waals surface area contributed by atoms with E-state index >= 15 is 0 Å². The number of nitrogens with zero attached hydrogens (tertiary/aromatic N) is 2. The number of isocyanates is 2. The molecule has 4 heteroatoms. The minimum atomic E-state index is 0.0521. The van der Waals surface area contributed by atoms with Gasteiger partial charge in [-0.05, 0) is 113 Å². The Hall–Kier alpha value is -1.24. The van der Waals surface area contributed by atoms with Gasteiger partial charge in [0.15, 0.2) is 0 Å². The highest BCUT2D eigenvalue weighted by molar-refractivity contribution is 5.36. The van der Waals surface area contributed by atoms with Crippen LogP contribution in [0.4, 0.5) is 0 Å². The summed E-state index contributed by atoms with van der Waals surface area (Å²) >= 11 is 0. The molecule has 4 nitrogen and oxygen atoms in total. The van der Waals surface area contributed by atoms with Crippen LogP contribution < -0.4 is 0 Å². The zero-order valence-corrected chi connectivity index (χ0v) is 15.7. The van der Waals surface area contributed by atoms with Gasteiger partial charge in [-0.2, -0.15) is 9.98 Å². The van der Waals surface area contributed by atoms with E-state index in [2.05, 4.69) is 9.98 Å². The highest BCUT2D eigenvalue weighted by atomic mass is 16.1. The molecule has 0 saturated heterocycles. The van der Waals surface area contributed by atoms with Crippen LogP contribution in [-0.4, -0.2) is 23.2 Å². The molecule has 0 radical (unpaired) electrons. The van der Waals surface area contributed by atoms with Gasteiger partial charge in [-0.15, -0.1) is 0 Å². The van der Waals surface area contributed by atoms with Crippen LogP contribution >= 0.6 is 0 Å². The second kappa shape index (κ2) is 6.14. The van der Waals surface area contributed by atoms with Crippen LogP contribution in [0.2, 0.25) is 0 Å². The van der Waals surface area contributed by atoms with E-state index in [0.717, 1.165) is 35.5 Å². The van der Waals surface area contributed by atoms with Gasteiger partial charge in [-0.3, -0.25) is 0 Å². The van der Waals surface area contributed by atoms with Crippen molar-refractivity contribution in [3.63, 3.8) is 0 Å². The van der Waals surface area contributed by atoms with Crippen molar-refractivity contribution in [1.82, 2.24) is 0 Å². The fraction of sp³-hybridized carbons (Fsp3) is 0.909. The molecule has 0 aliphatic heterocycles. The van der Waals surface area contributed by atoms with Crippen LogP contribution in [0.15, 0.2) is 9.98 Å². The zero-order valence-electron chi connectivity index (χ0n) is 15.7. The number of hydrogen-bond acceptors (Lipinski definition) is 4. The third kappa shape index (κ3) is 2.92. The van der Waals surface area contributed by atoms with E-state index in [0.29, 0.717) is 0 Å². The third-order valence-electron chi connectivity index (χ3n) is 8.58. The summed E-state index contributed by atoms with van der Waals surface area (Å²) in [6.45, 7) is 0.